The van der Waals surface area contributed by atoms with Crippen LogP contribution in [0.3, 0.4) is 0 Å². The third-order valence-corrected chi connectivity index (χ3v) is 7.08. The molecule has 1 heterocycles. The molecule has 1 aliphatic heterocycles. The molecule has 0 amide bonds. The van der Waals surface area contributed by atoms with Gasteiger partial charge in [-0.2, -0.15) is 13.5 Å². The van der Waals surface area contributed by atoms with Crippen molar-refractivity contribution in [1.29, 1.82) is 0 Å². The van der Waals surface area contributed by atoms with Crippen molar-refractivity contribution in [3.05, 3.63) is 100 Å². The minimum atomic E-state index is -4.11. The van der Waals surface area contributed by atoms with Crippen LogP contribution in [0.15, 0.2) is 98.2 Å². The molecule has 3 aromatic rings. The predicted molar refractivity (Wildman–Crippen MR) is 141 cm³/mol. The van der Waals surface area contributed by atoms with Gasteiger partial charge in [0.25, 0.3) is 10.0 Å². The Bertz CT molecular complexity index is 1390. The van der Waals surface area contributed by atoms with Gasteiger partial charge in [-0.25, -0.2) is 5.01 Å². The first kappa shape index (κ1) is 24.7. The molecule has 4 rings (SSSR count). The van der Waals surface area contributed by atoms with Crippen LogP contribution in [0.4, 0.5) is 0 Å². The van der Waals surface area contributed by atoms with Crippen LogP contribution in [-0.4, -0.2) is 44.6 Å². The smallest absolute Gasteiger partial charge is 0.285 e. The van der Waals surface area contributed by atoms with E-state index in [-0.39, 0.29) is 22.7 Å². The Labute approximate surface area is 213 Å². The van der Waals surface area contributed by atoms with Gasteiger partial charge < -0.3 is 5.73 Å². The van der Waals surface area contributed by atoms with E-state index in [1.54, 1.807) is 12.1 Å². The Kier molecular flexibility index (Phi) is 7.39. The van der Waals surface area contributed by atoms with E-state index >= 15 is 0 Å². The molecule has 3 aromatic carbocycles. The highest BCUT2D eigenvalue weighted by Crippen LogP contribution is 2.30. The van der Waals surface area contributed by atoms with Crippen LogP contribution in [0.1, 0.15) is 17.0 Å². The summed E-state index contributed by atoms with van der Waals surface area (Å²) < 4.78 is 30.2. The molecule has 180 valence electrons. The Hall–Kier alpha value is -3.40. The lowest BCUT2D eigenvalue weighted by molar-refractivity contribution is 0.464. The van der Waals surface area contributed by atoms with Gasteiger partial charge in [0.15, 0.2) is 5.96 Å². The summed E-state index contributed by atoms with van der Waals surface area (Å²) in [5.74, 6) is -0.253. The van der Waals surface area contributed by atoms with E-state index < -0.39 is 10.0 Å². The second-order valence-corrected chi connectivity index (χ2v) is 10.1. The summed E-state index contributed by atoms with van der Waals surface area (Å²) in [5.41, 5.74) is 8.48. The predicted octanol–water partition coefficient (Wildman–Crippen LogP) is 4.08. The maximum atomic E-state index is 13.1. The maximum Gasteiger partial charge on any atom is 0.285 e. The zero-order chi connectivity index (χ0) is 25.0. The second-order valence-electron chi connectivity index (χ2n) is 7.62. The van der Waals surface area contributed by atoms with Crippen LogP contribution in [0.25, 0.3) is 0 Å². The molecular weight excluding hydrogens is 507 g/mol. The summed E-state index contributed by atoms with van der Waals surface area (Å²) in [6, 6.07) is 22.9. The van der Waals surface area contributed by atoms with Crippen LogP contribution in [0.2, 0.25) is 10.0 Å². The zero-order valence-corrected chi connectivity index (χ0v) is 21.0. The highest BCUT2D eigenvalue weighted by molar-refractivity contribution is 7.90. The molecule has 0 radical (unpaired) electrons. The normalized spacial score (nSPS) is 16.8. The van der Waals surface area contributed by atoms with Gasteiger partial charge in [-0.15, -0.1) is 4.40 Å². The first-order chi connectivity index (χ1) is 16.8. The Morgan fingerprint density at radius 1 is 1.00 bits per heavy atom. The topological polar surface area (TPSA) is 113 Å². The molecule has 0 fully saturated rings. The van der Waals surface area contributed by atoms with Crippen molar-refractivity contribution in [1.82, 2.24) is 10.3 Å². The van der Waals surface area contributed by atoms with Gasteiger partial charge in [0.2, 0.25) is 5.96 Å². The Morgan fingerprint density at radius 3 is 2.20 bits per heavy atom. The van der Waals surface area contributed by atoms with E-state index in [1.807, 2.05) is 42.5 Å². The Morgan fingerprint density at radius 2 is 1.60 bits per heavy atom. The van der Waals surface area contributed by atoms with Gasteiger partial charge in [-0.05, 0) is 47.5 Å². The van der Waals surface area contributed by atoms with Crippen LogP contribution >= 0.6 is 23.2 Å². The summed E-state index contributed by atoms with van der Waals surface area (Å²) in [7, 11) is -2.63. The number of aliphatic imine (C=N–C) groups is 1. The minimum absolute atomic E-state index is 0.0125. The number of benzene rings is 3. The van der Waals surface area contributed by atoms with E-state index in [1.165, 1.54) is 36.3 Å². The number of nitrogens with one attached hydrogen (secondary N) is 1. The van der Waals surface area contributed by atoms with Gasteiger partial charge in [0, 0.05) is 23.0 Å². The molecule has 1 unspecified atom stereocenters. The maximum absolute atomic E-state index is 13.1. The van der Waals surface area contributed by atoms with Gasteiger partial charge in [0.1, 0.15) is 0 Å². The van der Waals surface area contributed by atoms with Crippen LogP contribution in [0, 0.1) is 0 Å². The molecule has 0 aliphatic carbocycles. The third-order valence-electron chi connectivity index (χ3n) is 5.30. The molecule has 0 saturated heterocycles. The van der Waals surface area contributed by atoms with Crippen molar-refractivity contribution in [2.75, 3.05) is 13.6 Å². The molecule has 0 bridgehead atoms. The van der Waals surface area contributed by atoms with Gasteiger partial charge in [-0.3, -0.25) is 10.3 Å². The molecule has 1 aliphatic rings. The minimum Gasteiger partial charge on any atom is -0.370 e. The molecule has 0 spiro atoms. The third kappa shape index (κ3) is 5.82. The first-order valence-electron chi connectivity index (χ1n) is 10.5. The van der Waals surface area contributed by atoms with E-state index in [4.69, 9.17) is 34.0 Å². The van der Waals surface area contributed by atoms with Crippen LogP contribution < -0.4 is 11.1 Å². The Balaban J connectivity index is 1.79. The molecule has 35 heavy (non-hydrogen) atoms. The number of sulfonamides is 1. The molecule has 11 heteroatoms. The van der Waals surface area contributed by atoms with Crippen molar-refractivity contribution in [3.63, 3.8) is 0 Å². The van der Waals surface area contributed by atoms with Gasteiger partial charge in [0.05, 0.1) is 17.2 Å². The molecule has 0 saturated carbocycles. The number of nitrogens with two attached hydrogens (primary N) is 1. The van der Waals surface area contributed by atoms with Crippen LogP contribution in [-0.2, 0) is 10.0 Å². The number of guanidine groups is 2. The molecule has 1 atom stereocenters. The highest BCUT2D eigenvalue weighted by Gasteiger charge is 2.32. The second kappa shape index (κ2) is 10.5. The van der Waals surface area contributed by atoms with Crippen molar-refractivity contribution in [2.45, 2.75) is 10.8 Å². The molecular formula is C24H22Cl2N6O2S. The lowest BCUT2D eigenvalue weighted by Crippen LogP contribution is -2.45. The number of hydrogen-bond donors (Lipinski definition) is 2. The van der Waals surface area contributed by atoms with E-state index in [9.17, 15) is 8.42 Å². The highest BCUT2D eigenvalue weighted by atomic mass is 35.5. The summed E-state index contributed by atoms with van der Waals surface area (Å²) >= 11 is 12.0. The van der Waals surface area contributed by atoms with Crippen LogP contribution in [0.5, 0.6) is 0 Å². The van der Waals surface area contributed by atoms with E-state index in [0.29, 0.717) is 16.6 Å². The molecule has 0 aromatic heterocycles. The van der Waals surface area contributed by atoms with Crippen molar-refractivity contribution >= 4 is 50.9 Å². The average molecular weight is 529 g/mol. The SMILES string of the molecule is CN=C(N)N/C(=N/S(=O)(=O)c1ccc(Cl)cc1)N1CC(c2ccccc2)C(c2ccc(Cl)cc2)=N1. The summed E-state index contributed by atoms with van der Waals surface area (Å²) in [6.45, 7) is 0.320. The lowest BCUT2D eigenvalue weighted by Gasteiger charge is -2.19. The summed E-state index contributed by atoms with van der Waals surface area (Å²) in [5, 5.41) is 10.0. The monoisotopic (exact) mass is 528 g/mol. The fraction of sp³-hybridized carbons (Fsp3) is 0.125. The van der Waals surface area contributed by atoms with Gasteiger partial charge >= 0.3 is 0 Å². The first-order valence-corrected chi connectivity index (χ1v) is 12.7. The number of rotatable bonds is 4. The fourth-order valence-electron chi connectivity index (χ4n) is 3.54. The molecule has 8 nitrogen and oxygen atoms in total. The zero-order valence-electron chi connectivity index (χ0n) is 18.6. The number of halogens is 2. The summed E-state index contributed by atoms with van der Waals surface area (Å²) in [4.78, 5) is 3.86. The summed E-state index contributed by atoms with van der Waals surface area (Å²) in [6.07, 6.45) is 0. The quantitative estimate of drug-likeness (QED) is 0.391. The molecule has 3 N–H and O–H groups in total. The standard InChI is InChI=1S/C24H22Cl2N6O2S/c1-28-23(27)29-24(31-35(33,34)20-13-11-19(26)12-14-20)32-15-21(16-5-3-2-4-6-16)22(30-32)17-7-9-18(25)10-8-17/h2-14,21H,15H2,1H3,(H3,27,28,29,31). The fourth-order valence-corrected chi connectivity index (χ4v) is 4.74. The van der Waals surface area contributed by atoms with E-state index in [0.717, 1.165) is 16.8 Å². The van der Waals surface area contributed by atoms with Crippen molar-refractivity contribution in [2.24, 2.45) is 20.2 Å². The van der Waals surface area contributed by atoms with Gasteiger partial charge in [-0.1, -0.05) is 65.7 Å². The average Bonchev–Trinajstić information content (AvgIpc) is 3.30. The largest absolute Gasteiger partial charge is 0.370 e. The van der Waals surface area contributed by atoms with Crippen molar-refractivity contribution in [3.8, 4) is 0 Å². The number of nitrogens with zero attached hydrogens (tertiary/aromatic N) is 4. The van der Waals surface area contributed by atoms with Crippen molar-refractivity contribution < 1.29 is 8.42 Å². The number of hydrazone groups is 1. The lowest BCUT2D eigenvalue weighted by atomic mass is 9.91. The van der Waals surface area contributed by atoms with E-state index in [2.05, 4.69) is 14.7 Å². The number of hydrogen-bond acceptors (Lipinski definition) is 4.